The summed E-state index contributed by atoms with van der Waals surface area (Å²) in [6.45, 7) is 0.646. The van der Waals surface area contributed by atoms with E-state index in [0.717, 1.165) is 0 Å². The SMILES string of the molecule is COc1cc(Br)cc([C@@H](N2CCNCC2)C(F)(F)CO)c1O.Cl. The molecule has 9 heteroatoms. The Bertz CT molecular complexity index is 531. The van der Waals surface area contributed by atoms with Crippen LogP contribution in [0.5, 0.6) is 11.5 Å². The summed E-state index contributed by atoms with van der Waals surface area (Å²) in [5.74, 6) is -3.61. The molecule has 0 amide bonds. The van der Waals surface area contributed by atoms with Crippen molar-refractivity contribution in [2.45, 2.75) is 12.0 Å². The average molecular weight is 418 g/mol. The molecule has 1 aromatic carbocycles. The molecule has 1 heterocycles. The number of phenols is 1. The maximum atomic E-state index is 14.4. The summed E-state index contributed by atoms with van der Waals surface area (Å²) in [4.78, 5) is 1.56. The molecular weight excluding hydrogens is 398 g/mol. The van der Waals surface area contributed by atoms with E-state index in [1.54, 1.807) is 4.90 Å². The van der Waals surface area contributed by atoms with Gasteiger partial charge in [0.25, 0.3) is 5.92 Å². The van der Waals surface area contributed by atoms with E-state index in [4.69, 9.17) is 9.84 Å². The topological polar surface area (TPSA) is 65.0 Å². The van der Waals surface area contributed by atoms with E-state index in [0.29, 0.717) is 30.7 Å². The van der Waals surface area contributed by atoms with Gasteiger partial charge in [0.05, 0.1) is 7.11 Å². The number of phenolic OH excluding ortho intramolecular Hbond substituents is 1. The van der Waals surface area contributed by atoms with Gasteiger partial charge in [0.15, 0.2) is 11.5 Å². The zero-order valence-corrected chi connectivity index (χ0v) is 15.0. The molecule has 0 bridgehead atoms. The van der Waals surface area contributed by atoms with Gasteiger partial charge >= 0.3 is 0 Å². The number of benzene rings is 1. The van der Waals surface area contributed by atoms with E-state index in [2.05, 4.69) is 21.2 Å². The lowest BCUT2D eigenvalue weighted by atomic mass is 9.97. The molecule has 23 heavy (non-hydrogen) atoms. The van der Waals surface area contributed by atoms with Gasteiger partial charge < -0.3 is 20.3 Å². The number of halogens is 4. The maximum Gasteiger partial charge on any atom is 0.290 e. The second-order valence-corrected chi connectivity index (χ2v) is 6.07. The fourth-order valence-corrected chi connectivity index (χ4v) is 3.13. The van der Waals surface area contributed by atoms with Crippen LogP contribution in [0.15, 0.2) is 16.6 Å². The highest BCUT2D eigenvalue weighted by atomic mass is 79.9. The van der Waals surface area contributed by atoms with Crippen LogP contribution < -0.4 is 10.1 Å². The molecule has 1 aromatic rings. The molecule has 0 saturated carbocycles. The normalized spacial score (nSPS) is 17.4. The number of nitrogens with one attached hydrogen (secondary N) is 1. The van der Waals surface area contributed by atoms with Crippen LogP contribution in [0.2, 0.25) is 0 Å². The van der Waals surface area contributed by atoms with Gasteiger partial charge in [0.1, 0.15) is 12.6 Å². The Hall–Kier alpha value is -0.670. The Morgan fingerprint density at radius 1 is 1.39 bits per heavy atom. The van der Waals surface area contributed by atoms with Crippen molar-refractivity contribution >= 4 is 28.3 Å². The van der Waals surface area contributed by atoms with Crippen molar-refractivity contribution in [2.24, 2.45) is 0 Å². The van der Waals surface area contributed by atoms with Crippen molar-refractivity contribution in [3.63, 3.8) is 0 Å². The minimum atomic E-state index is -3.39. The minimum Gasteiger partial charge on any atom is -0.504 e. The van der Waals surface area contributed by atoms with Gasteiger partial charge in [-0.25, -0.2) is 8.78 Å². The Morgan fingerprint density at radius 3 is 2.52 bits per heavy atom. The van der Waals surface area contributed by atoms with Crippen LogP contribution in [-0.4, -0.2) is 60.9 Å². The molecule has 132 valence electrons. The molecule has 3 N–H and O–H groups in total. The lowest BCUT2D eigenvalue weighted by Gasteiger charge is -2.39. The number of aromatic hydroxyl groups is 1. The van der Waals surface area contributed by atoms with Crippen molar-refractivity contribution in [2.75, 3.05) is 39.9 Å². The van der Waals surface area contributed by atoms with Crippen molar-refractivity contribution in [1.82, 2.24) is 10.2 Å². The van der Waals surface area contributed by atoms with Crippen molar-refractivity contribution in [3.8, 4) is 11.5 Å². The molecule has 5 nitrogen and oxygen atoms in total. The molecule has 0 aromatic heterocycles. The van der Waals surface area contributed by atoms with E-state index in [1.165, 1.54) is 19.2 Å². The standard InChI is InChI=1S/C14H19BrF2N2O3.ClH/c1-22-11-7-9(15)6-10(12(11)21)13(14(16,17)8-20)19-4-2-18-3-5-19;/h6-7,13,18,20-21H,2-5,8H2,1H3;1H/t13-;/m1./s1. The first-order valence-electron chi connectivity index (χ1n) is 6.90. The third-order valence-corrected chi connectivity index (χ3v) is 4.17. The number of rotatable bonds is 5. The smallest absolute Gasteiger partial charge is 0.290 e. The Balaban J connectivity index is 0.00000264. The molecule has 0 unspecified atom stereocenters. The van der Waals surface area contributed by atoms with Crippen LogP contribution in [0.4, 0.5) is 8.78 Å². The Kier molecular flexibility index (Phi) is 7.47. The van der Waals surface area contributed by atoms with Gasteiger partial charge in [-0.2, -0.15) is 0 Å². The molecule has 1 aliphatic rings. The fraction of sp³-hybridized carbons (Fsp3) is 0.571. The first kappa shape index (κ1) is 20.4. The first-order chi connectivity index (χ1) is 10.4. The summed E-state index contributed by atoms with van der Waals surface area (Å²) in [6, 6.07) is 1.52. The van der Waals surface area contributed by atoms with E-state index < -0.39 is 18.6 Å². The number of methoxy groups -OCH3 is 1. The van der Waals surface area contributed by atoms with Gasteiger partial charge in [-0.3, -0.25) is 4.90 Å². The summed E-state index contributed by atoms with van der Waals surface area (Å²) < 4.78 is 34.3. The highest BCUT2D eigenvalue weighted by Crippen LogP contribution is 2.45. The quantitative estimate of drug-likeness (QED) is 0.685. The third-order valence-electron chi connectivity index (χ3n) is 3.71. The molecule has 0 aliphatic carbocycles. The highest BCUT2D eigenvalue weighted by Gasteiger charge is 2.45. The zero-order valence-electron chi connectivity index (χ0n) is 12.6. The summed E-state index contributed by atoms with van der Waals surface area (Å²) in [6.07, 6.45) is 0. The second kappa shape index (κ2) is 8.43. The second-order valence-electron chi connectivity index (χ2n) is 5.15. The number of hydrogen-bond acceptors (Lipinski definition) is 5. The van der Waals surface area contributed by atoms with Gasteiger partial charge in [0.2, 0.25) is 0 Å². The monoisotopic (exact) mass is 416 g/mol. The number of ether oxygens (including phenoxy) is 1. The van der Waals surface area contributed by atoms with E-state index in [9.17, 15) is 13.9 Å². The predicted octanol–water partition coefficient (Wildman–Crippen LogP) is 2.16. The largest absolute Gasteiger partial charge is 0.504 e. The summed E-state index contributed by atoms with van der Waals surface area (Å²) in [7, 11) is 1.36. The van der Waals surface area contributed by atoms with Crippen molar-refractivity contribution < 1.29 is 23.7 Å². The summed E-state index contributed by atoms with van der Waals surface area (Å²) >= 11 is 3.24. The van der Waals surface area contributed by atoms with Crippen LogP contribution in [0, 0.1) is 0 Å². The van der Waals surface area contributed by atoms with Crippen LogP contribution in [0.25, 0.3) is 0 Å². The van der Waals surface area contributed by atoms with Crippen LogP contribution >= 0.6 is 28.3 Å². The first-order valence-corrected chi connectivity index (χ1v) is 7.70. The van der Waals surface area contributed by atoms with E-state index in [-0.39, 0.29) is 29.5 Å². The van der Waals surface area contributed by atoms with Crippen molar-refractivity contribution in [1.29, 1.82) is 0 Å². The molecule has 1 fully saturated rings. The number of alkyl halides is 2. The van der Waals surface area contributed by atoms with Crippen LogP contribution in [0.3, 0.4) is 0 Å². The number of piperazine rings is 1. The summed E-state index contributed by atoms with van der Waals surface area (Å²) in [5, 5.41) is 22.5. The van der Waals surface area contributed by atoms with E-state index in [1.807, 2.05) is 0 Å². The highest BCUT2D eigenvalue weighted by molar-refractivity contribution is 9.10. The molecule has 2 rings (SSSR count). The van der Waals surface area contributed by atoms with Gasteiger partial charge in [-0.05, 0) is 12.1 Å². The molecule has 0 spiro atoms. The van der Waals surface area contributed by atoms with Crippen LogP contribution in [-0.2, 0) is 0 Å². The molecule has 0 radical (unpaired) electrons. The van der Waals surface area contributed by atoms with Gasteiger partial charge in [-0.1, -0.05) is 15.9 Å². The van der Waals surface area contributed by atoms with Crippen LogP contribution in [0.1, 0.15) is 11.6 Å². The number of aliphatic hydroxyl groups excluding tert-OH is 1. The molecular formula is C14H20BrClF2N2O3. The van der Waals surface area contributed by atoms with Gasteiger partial charge in [-0.15, -0.1) is 12.4 Å². The number of hydrogen-bond donors (Lipinski definition) is 3. The van der Waals surface area contributed by atoms with Gasteiger partial charge in [0, 0.05) is 36.2 Å². The fourth-order valence-electron chi connectivity index (χ4n) is 2.68. The zero-order chi connectivity index (χ0) is 16.3. The lowest BCUT2D eigenvalue weighted by Crippen LogP contribution is -2.51. The Morgan fingerprint density at radius 2 is 2.00 bits per heavy atom. The molecule has 1 atom stereocenters. The number of nitrogens with zero attached hydrogens (tertiary/aromatic N) is 1. The predicted molar refractivity (Wildman–Crippen MR) is 88.8 cm³/mol. The third kappa shape index (κ3) is 4.45. The molecule has 1 saturated heterocycles. The average Bonchev–Trinajstić information content (AvgIpc) is 2.51. The van der Waals surface area contributed by atoms with E-state index >= 15 is 0 Å². The minimum absolute atomic E-state index is 0. The summed E-state index contributed by atoms with van der Waals surface area (Å²) in [5.41, 5.74) is 0.0344. The Labute approximate surface area is 148 Å². The molecule has 1 aliphatic heterocycles. The maximum absolute atomic E-state index is 14.4. The lowest BCUT2D eigenvalue weighted by molar-refractivity contribution is -0.119. The van der Waals surface area contributed by atoms with Crippen molar-refractivity contribution in [3.05, 3.63) is 22.2 Å². The number of aliphatic hydroxyl groups is 1.